The maximum absolute atomic E-state index is 12.3. The van der Waals surface area contributed by atoms with Gasteiger partial charge < -0.3 is 9.73 Å². The summed E-state index contributed by atoms with van der Waals surface area (Å²) in [5.74, 6) is 0.596. The van der Waals surface area contributed by atoms with Gasteiger partial charge in [0.15, 0.2) is 0 Å². The fourth-order valence-electron chi connectivity index (χ4n) is 2.82. The van der Waals surface area contributed by atoms with Crippen LogP contribution in [0.15, 0.2) is 76.7 Å². The molecule has 0 saturated carbocycles. The fourth-order valence-corrected chi connectivity index (χ4v) is 2.82. The molecule has 3 rings (SSSR count). The highest BCUT2D eigenvalue weighted by Crippen LogP contribution is 2.23. The van der Waals surface area contributed by atoms with Gasteiger partial charge >= 0.3 is 0 Å². The van der Waals surface area contributed by atoms with E-state index in [0.717, 1.165) is 18.4 Å². The number of amides is 1. The van der Waals surface area contributed by atoms with Gasteiger partial charge in [-0.15, -0.1) is 0 Å². The molecule has 1 amide bonds. The average Bonchev–Trinajstić information content (AvgIpc) is 3.24. The van der Waals surface area contributed by atoms with Crippen LogP contribution in [0.25, 0.3) is 17.4 Å². The number of carbonyl (C=O) groups is 1. The lowest BCUT2D eigenvalue weighted by Gasteiger charge is -2.04. The van der Waals surface area contributed by atoms with Gasteiger partial charge in [-0.3, -0.25) is 4.79 Å². The van der Waals surface area contributed by atoms with Gasteiger partial charge in [0.25, 0.3) is 5.91 Å². The minimum absolute atomic E-state index is 0.00885. The van der Waals surface area contributed by atoms with Crippen LogP contribution in [0.1, 0.15) is 23.3 Å². The second-order valence-corrected chi connectivity index (χ2v) is 6.41. The van der Waals surface area contributed by atoms with Gasteiger partial charge in [-0.25, -0.2) is 0 Å². The lowest BCUT2D eigenvalue weighted by molar-refractivity contribution is -0.117. The molecular weight excluding hydrogens is 362 g/mol. The molecule has 3 aromatic rings. The Morgan fingerprint density at radius 3 is 2.45 bits per heavy atom. The zero-order chi connectivity index (χ0) is 20.5. The molecule has 0 fully saturated rings. The van der Waals surface area contributed by atoms with E-state index in [1.165, 1.54) is 11.6 Å². The molecule has 142 valence electrons. The maximum Gasteiger partial charge on any atom is 0.262 e. The minimum atomic E-state index is -0.420. The van der Waals surface area contributed by atoms with Crippen LogP contribution in [0.2, 0.25) is 0 Å². The average molecular weight is 381 g/mol. The zero-order valence-corrected chi connectivity index (χ0v) is 15.8. The van der Waals surface area contributed by atoms with Crippen molar-refractivity contribution >= 4 is 12.0 Å². The molecule has 0 radical (unpaired) electrons. The number of hydrogen-bond donors (Lipinski definition) is 1. The number of nitrogens with one attached hydrogen (secondary N) is 1. The van der Waals surface area contributed by atoms with Crippen molar-refractivity contribution in [3.63, 3.8) is 0 Å². The number of nitrogens with zero attached hydrogens (tertiary/aromatic N) is 2. The van der Waals surface area contributed by atoms with E-state index in [1.807, 2.05) is 36.4 Å². The summed E-state index contributed by atoms with van der Waals surface area (Å²) in [6, 6.07) is 24.5. The number of benzene rings is 2. The van der Waals surface area contributed by atoms with E-state index >= 15 is 0 Å². The smallest absolute Gasteiger partial charge is 0.262 e. The maximum atomic E-state index is 12.3. The Hall–Kier alpha value is -4.09. The van der Waals surface area contributed by atoms with Gasteiger partial charge in [0.1, 0.15) is 23.2 Å². The monoisotopic (exact) mass is 381 g/mol. The van der Waals surface area contributed by atoms with Crippen molar-refractivity contribution in [2.75, 3.05) is 6.54 Å². The highest BCUT2D eigenvalue weighted by atomic mass is 16.3. The van der Waals surface area contributed by atoms with Crippen molar-refractivity contribution in [2.45, 2.75) is 12.8 Å². The Labute approximate surface area is 169 Å². The normalized spacial score (nSPS) is 10.8. The Morgan fingerprint density at radius 2 is 1.76 bits per heavy atom. The third-order valence-corrected chi connectivity index (χ3v) is 4.35. The Kier molecular flexibility index (Phi) is 6.60. The summed E-state index contributed by atoms with van der Waals surface area (Å²) >= 11 is 0. The first-order valence-electron chi connectivity index (χ1n) is 9.24. The molecule has 0 bridgehead atoms. The van der Waals surface area contributed by atoms with E-state index in [-0.39, 0.29) is 5.57 Å². The molecule has 0 unspecified atom stereocenters. The van der Waals surface area contributed by atoms with Crippen LogP contribution in [0.3, 0.4) is 0 Å². The van der Waals surface area contributed by atoms with Gasteiger partial charge in [-0.2, -0.15) is 10.5 Å². The van der Waals surface area contributed by atoms with Crippen LogP contribution >= 0.6 is 0 Å². The molecule has 2 aromatic carbocycles. The molecule has 29 heavy (non-hydrogen) atoms. The van der Waals surface area contributed by atoms with E-state index in [4.69, 9.17) is 9.68 Å². The highest BCUT2D eigenvalue weighted by molar-refractivity contribution is 6.01. The zero-order valence-electron chi connectivity index (χ0n) is 15.8. The van der Waals surface area contributed by atoms with Crippen LogP contribution in [0.4, 0.5) is 0 Å². The lowest BCUT2D eigenvalue weighted by Crippen LogP contribution is -2.25. The Balaban J connectivity index is 1.59. The van der Waals surface area contributed by atoms with Crippen molar-refractivity contribution in [3.05, 3.63) is 89.2 Å². The second kappa shape index (κ2) is 9.73. The summed E-state index contributed by atoms with van der Waals surface area (Å²) in [7, 11) is 0. The van der Waals surface area contributed by atoms with Gasteiger partial charge in [0, 0.05) is 18.2 Å². The number of hydrogen-bond acceptors (Lipinski definition) is 4. The van der Waals surface area contributed by atoms with Gasteiger partial charge in [-0.05, 0) is 54.8 Å². The van der Waals surface area contributed by atoms with Gasteiger partial charge in [0.2, 0.25) is 0 Å². The molecule has 5 nitrogen and oxygen atoms in total. The van der Waals surface area contributed by atoms with Crippen molar-refractivity contribution in [3.8, 4) is 23.5 Å². The second-order valence-electron chi connectivity index (χ2n) is 6.41. The molecule has 0 aliphatic carbocycles. The van der Waals surface area contributed by atoms with Crippen LogP contribution in [-0.2, 0) is 11.2 Å². The molecule has 0 saturated heterocycles. The van der Waals surface area contributed by atoms with E-state index in [2.05, 4.69) is 11.4 Å². The summed E-state index contributed by atoms with van der Waals surface area (Å²) in [5.41, 5.74) is 2.58. The Morgan fingerprint density at radius 1 is 1.00 bits per heavy atom. The van der Waals surface area contributed by atoms with E-state index in [1.54, 1.807) is 36.4 Å². The van der Waals surface area contributed by atoms with E-state index < -0.39 is 5.91 Å². The van der Waals surface area contributed by atoms with Crippen molar-refractivity contribution < 1.29 is 9.21 Å². The molecule has 0 aliphatic rings. The summed E-state index contributed by atoms with van der Waals surface area (Å²) in [4.78, 5) is 12.3. The van der Waals surface area contributed by atoms with Crippen molar-refractivity contribution in [1.82, 2.24) is 5.32 Å². The summed E-state index contributed by atoms with van der Waals surface area (Å²) in [5, 5.41) is 21.0. The van der Waals surface area contributed by atoms with Gasteiger partial charge in [-0.1, -0.05) is 30.3 Å². The summed E-state index contributed by atoms with van der Waals surface area (Å²) in [6.45, 7) is 0.487. The largest absolute Gasteiger partial charge is 0.457 e. The summed E-state index contributed by atoms with van der Waals surface area (Å²) in [6.07, 6.45) is 3.08. The molecule has 1 heterocycles. The fraction of sp³-hybridized carbons (Fsp3) is 0.125. The number of aryl methyl sites for hydroxylation is 1. The first kappa shape index (κ1) is 19.7. The third-order valence-electron chi connectivity index (χ3n) is 4.35. The summed E-state index contributed by atoms with van der Waals surface area (Å²) < 4.78 is 5.72. The highest BCUT2D eigenvalue weighted by Gasteiger charge is 2.11. The topological polar surface area (TPSA) is 89.8 Å². The Bertz CT molecular complexity index is 1080. The predicted octanol–water partition coefficient (Wildman–Crippen LogP) is 4.47. The lowest BCUT2D eigenvalue weighted by atomic mass is 10.1. The van der Waals surface area contributed by atoms with Crippen LogP contribution in [0, 0.1) is 22.7 Å². The quantitative estimate of drug-likeness (QED) is 0.371. The standard InChI is InChI=1S/C24H19N3O2/c25-16-19-8-10-20(11-9-19)23-13-12-22(29-23)15-21(17-26)24(28)27-14-4-7-18-5-2-1-3-6-18/h1-3,5-6,8-13,15H,4,7,14H2,(H,27,28)/b21-15-. The SMILES string of the molecule is N#C/C(=C/c1ccc(-c2ccc(C#N)cc2)o1)C(=O)NCCCc1ccccc1. The molecule has 0 aliphatic heterocycles. The first-order chi connectivity index (χ1) is 14.2. The molecule has 1 aromatic heterocycles. The van der Waals surface area contributed by atoms with E-state index in [0.29, 0.717) is 23.6 Å². The number of furan rings is 1. The molecule has 5 heteroatoms. The molecular formula is C24H19N3O2. The van der Waals surface area contributed by atoms with Crippen LogP contribution in [-0.4, -0.2) is 12.5 Å². The minimum Gasteiger partial charge on any atom is -0.457 e. The number of carbonyl (C=O) groups excluding carboxylic acids is 1. The molecule has 0 spiro atoms. The number of nitriles is 2. The third kappa shape index (κ3) is 5.45. The van der Waals surface area contributed by atoms with Gasteiger partial charge in [0.05, 0.1) is 11.6 Å². The molecule has 0 atom stereocenters. The van der Waals surface area contributed by atoms with Crippen molar-refractivity contribution in [1.29, 1.82) is 10.5 Å². The number of rotatable bonds is 7. The van der Waals surface area contributed by atoms with Crippen LogP contribution in [0.5, 0.6) is 0 Å². The predicted molar refractivity (Wildman–Crippen MR) is 110 cm³/mol. The van der Waals surface area contributed by atoms with Crippen LogP contribution < -0.4 is 5.32 Å². The molecule has 1 N–H and O–H groups in total. The first-order valence-corrected chi connectivity index (χ1v) is 9.24. The van der Waals surface area contributed by atoms with E-state index in [9.17, 15) is 10.1 Å². The van der Waals surface area contributed by atoms with Crippen molar-refractivity contribution in [2.24, 2.45) is 0 Å².